The van der Waals surface area contributed by atoms with Gasteiger partial charge in [0.05, 0.1) is 19.6 Å². The fourth-order valence-corrected chi connectivity index (χ4v) is 0.770. The van der Waals surface area contributed by atoms with Gasteiger partial charge in [-0.1, -0.05) is 0 Å². The maximum absolute atomic E-state index is 10.6. The van der Waals surface area contributed by atoms with Crippen LogP contribution in [0.25, 0.3) is 0 Å². The molecule has 84 valence electrons. The second-order valence-electron chi connectivity index (χ2n) is 2.42. The zero-order valence-electron chi connectivity index (χ0n) is 9.88. The summed E-state index contributed by atoms with van der Waals surface area (Å²) < 4.78 is 0. The molecule has 0 fully saturated rings. The summed E-state index contributed by atoms with van der Waals surface area (Å²) in [6.45, 7) is -1.61. The van der Waals surface area contributed by atoms with E-state index in [2.05, 4.69) is 10.7 Å². The summed E-state index contributed by atoms with van der Waals surface area (Å²) in [4.78, 5) is 35.7. The quantitative estimate of drug-likeness (QED) is 0.354. The van der Waals surface area contributed by atoms with Crippen LogP contribution in [0.15, 0.2) is 0 Å². The molecular weight excluding hydrogens is 236 g/mol. The number of nitrogens with two attached hydrogens (primary N) is 1. The van der Waals surface area contributed by atoms with Crippen LogP contribution in [0.5, 0.6) is 0 Å². The van der Waals surface area contributed by atoms with Gasteiger partial charge in [-0.05, 0) is 0 Å². The Hall–Kier alpha value is -0.410. The Morgan fingerprint density at radius 1 is 1.13 bits per heavy atom. The van der Waals surface area contributed by atoms with Crippen LogP contribution in [0.3, 0.4) is 0 Å². The molecule has 9 heteroatoms. The van der Waals surface area contributed by atoms with Crippen molar-refractivity contribution in [2.45, 2.75) is 0 Å². The van der Waals surface area contributed by atoms with Crippen molar-refractivity contribution in [1.29, 1.82) is 0 Å². The molecule has 0 aliphatic carbocycles. The van der Waals surface area contributed by atoms with Crippen molar-refractivity contribution in [1.82, 2.24) is 4.90 Å². The van der Waals surface area contributed by atoms with Crippen LogP contribution >= 0.6 is 0 Å². The van der Waals surface area contributed by atoms with E-state index in [4.69, 9.17) is 10.2 Å². The normalized spacial score (nSPS) is 9.20. The van der Waals surface area contributed by atoms with Crippen molar-refractivity contribution in [3.05, 3.63) is 0 Å². The molecule has 0 saturated carbocycles. The number of hydrogen-bond acceptors (Lipinski definition) is 6. The van der Waals surface area contributed by atoms with Crippen molar-refractivity contribution in [2.75, 3.05) is 19.6 Å². The maximum atomic E-state index is 10.6. The van der Waals surface area contributed by atoms with Crippen LogP contribution in [0.1, 0.15) is 2.85 Å². The molecule has 0 aromatic rings. The first kappa shape index (κ1) is 17.0. The summed E-state index contributed by atoms with van der Waals surface area (Å²) in [6, 6.07) is 0. The van der Waals surface area contributed by atoms with Crippen LogP contribution in [-0.4, -0.2) is 90.4 Å². The first-order valence-electron chi connectivity index (χ1n) is 3.51. The summed E-state index contributed by atoms with van der Waals surface area (Å²) in [5.41, 5.74) is 0. The van der Waals surface area contributed by atoms with Crippen LogP contribution < -0.4 is 5.90 Å². The molecule has 4 N–H and O–H groups in total. The zero-order chi connectivity index (χ0) is 11.1. The van der Waals surface area contributed by atoms with Crippen LogP contribution in [-0.2, 0) is 19.2 Å². The molecule has 0 atom stereocenters. The van der Waals surface area contributed by atoms with Gasteiger partial charge in [0.1, 0.15) is 0 Å². The summed E-state index contributed by atoms with van der Waals surface area (Å²) >= 11 is 0. The third kappa shape index (κ3) is 9.88. The van der Waals surface area contributed by atoms with Gasteiger partial charge in [0.2, 0.25) is 0 Å². The van der Waals surface area contributed by atoms with Gasteiger partial charge < -0.3 is 17.9 Å². The Bertz CT molecular complexity index is 239. The molecule has 0 bridgehead atoms. The molecule has 0 aromatic heterocycles. The molecule has 0 rings (SSSR count). The average Bonchev–Trinajstić information content (AvgIpc) is 2.01. The molecule has 0 aliphatic heterocycles. The smallest absolute Gasteiger partial charge is 1.00 e. The van der Waals surface area contributed by atoms with E-state index in [9.17, 15) is 14.4 Å². The second-order valence-corrected chi connectivity index (χ2v) is 2.42. The van der Waals surface area contributed by atoms with Gasteiger partial charge in [0, 0.05) is 0 Å². The van der Waals surface area contributed by atoms with Gasteiger partial charge in [-0.2, -0.15) is 5.90 Å². The number of hydrogen-bond donors (Lipinski definition) is 3. The van der Waals surface area contributed by atoms with Crippen LogP contribution in [0.4, 0.5) is 0 Å². The van der Waals surface area contributed by atoms with Gasteiger partial charge in [0.15, 0.2) is 0 Å². The van der Waals surface area contributed by atoms with E-state index >= 15 is 0 Å². The molecule has 0 aliphatic rings. The van der Waals surface area contributed by atoms with Gasteiger partial charge in [0.25, 0.3) is 0 Å². The van der Waals surface area contributed by atoms with E-state index < -0.39 is 37.5 Å². The molecule has 0 aromatic carbocycles. The molecule has 0 radical (unpaired) electrons. The first-order chi connectivity index (χ1) is 6.45. The summed E-state index contributed by atoms with van der Waals surface area (Å²) in [6.07, 6.45) is 0. The van der Waals surface area contributed by atoms with Crippen molar-refractivity contribution in [3.63, 3.8) is 0 Å². The third-order valence-corrected chi connectivity index (χ3v) is 1.20. The number of carboxylic acid groups (broad SMARTS) is 2. The van der Waals surface area contributed by atoms with Gasteiger partial charge in [-0.25, -0.2) is 4.79 Å². The molecule has 0 heterocycles. The van der Waals surface area contributed by atoms with Crippen LogP contribution in [0.2, 0.25) is 0 Å². The molecule has 8 nitrogen and oxygen atoms in total. The van der Waals surface area contributed by atoms with Crippen molar-refractivity contribution >= 4 is 55.6 Å². The van der Waals surface area contributed by atoms with E-state index in [1.807, 2.05) is 0 Å². The number of carbonyl (C=O) groups is 3. The van der Waals surface area contributed by atoms with E-state index in [-0.39, 0.29) is 40.6 Å². The fraction of sp³-hybridized carbons (Fsp3) is 0.500. The molecule has 0 saturated heterocycles. The predicted molar refractivity (Wildman–Crippen MR) is 50.0 cm³/mol. The Morgan fingerprint density at radius 2 is 1.53 bits per heavy atom. The zero-order valence-corrected chi connectivity index (χ0v) is 10.1. The number of aliphatic carboxylic acids is 2. The SMILES string of the molecule is NOC(=O)CN(CC(=O)O)CC(=O)O.[Ca+2].[H-].[H-]. The predicted octanol–water partition coefficient (Wildman–Crippen LogP) is -2.28. The summed E-state index contributed by atoms with van der Waals surface area (Å²) in [5, 5.41) is 16.7. The topological polar surface area (TPSA) is 130 Å². The Labute approximate surface area is 118 Å². The van der Waals surface area contributed by atoms with Gasteiger partial charge >= 0.3 is 55.6 Å². The van der Waals surface area contributed by atoms with Gasteiger partial charge in [-0.15, -0.1) is 0 Å². The fourth-order valence-electron chi connectivity index (χ4n) is 0.770. The molecular formula is C6H12CaN2O6. The van der Waals surface area contributed by atoms with E-state index in [1.165, 1.54) is 0 Å². The summed E-state index contributed by atoms with van der Waals surface area (Å²) in [7, 11) is 0. The molecule has 0 unspecified atom stereocenters. The van der Waals surface area contributed by atoms with Crippen molar-refractivity contribution in [3.8, 4) is 0 Å². The van der Waals surface area contributed by atoms with Crippen molar-refractivity contribution < 1.29 is 32.3 Å². The van der Waals surface area contributed by atoms with Crippen molar-refractivity contribution in [2.24, 2.45) is 5.90 Å². The minimum atomic E-state index is -1.24. The van der Waals surface area contributed by atoms with E-state index in [1.54, 1.807) is 0 Å². The molecule has 0 spiro atoms. The number of carbonyl (C=O) groups excluding carboxylic acids is 1. The largest absolute Gasteiger partial charge is 2.00 e. The van der Waals surface area contributed by atoms with Gasteiger partial charge in [-0.3, -0.25) is 14.5 Å². The molecule has 0 amide bonds. The summed E-state index contributed by atoms with van der Waals surface area (Å²) in [5.74, 6) is 1.14. The average molecular weight is 248 g/mol. The monoisotopic (exact) mass is 248 g/mol. The first-order valence-corrected chi connectivity index (χ1v) is 3.51. The second kappa shape index (κ2) is 8.86. The third-order valence-electron chi connectivity index (χ3n) is 1.20. The van der Waals surface area contributed by atoms with Crippen LogP contribution in [0, 0.1) is 0 Å². The molecule has 15 heavy (non-hydrogen) atoms. The Morgan fingerprint density at radius 3 is 1.80 bits per heavy atom. The van der Waals surface area contributed by atoms with E-state index in [0.717, 1.165) is 4.90 Å². The minimum Gasteiger partial charge on any atom is -1.00 e. The number of carboxylic acids is 2. The number of rotatable bonds is 6. The maximum Gasteiger partial charge on any atom is 2.00 e. The minimum absolute atomic E-state index is 0. The Kier molecular flexibility index (Phi) is 10.0. The van der Waals surface area contributed by atoms with E-state index in [0.29, 0.717) is 0 Å². The standard InChI is InChI=1S/C6H10N2O6.Ca.2H/c7-14-6(13)3-8(1-4(9)10)2-5(11)12;;;/h1-3,7H2,(H,9,10)(H,11,12);;;/q;+2;2*-1. The Balaban J connectivity index is -0.000000282. The number of nitrogens with zero attached hydrogens (tertiary/aromatic N) is 1.